The number of carboxylic acid groups (broad SMARTS) is 1. The van der Waals surface area contributed by atoms with Crippen LogP contribution in [0.3, 0.4) is 0 Å². The van der Waals surface area contributed by atoms with Crippen molar-refractivity contribution < 1.29 is 19.7 Å². The number of piperidine rings is 1. The van der Waals surface area contributed by atoms with Crippen LogP contribution in [0, 0.1) is 0 Å². The van der Waals surface area contributed by atoms with E-state index in [0.717, 1.165) is 25.9 Å². The zero-order valence-corrected chi connectivity index (χ0v) is 19.2. The highest BCUT2D eigenvalue weighted by atomic mass is 16.5. The Labute approximate surface area is 187 Å². The van der Waals surface area contributed by atoms with Crippen LogP contribution >= 0.6 is 0 Å². The number of pyridine rings is 1. The topological polar surface area (TPSA) is 121 Å². The van der Waals surface area contributed by atoms with Gasteiger partial charge in [0.2, 0.25) is 5.88 Å². The van der Waals surface area contributed by atoms with Gasteiger partial charge in [0, 0.05) is 43.8 Å². The number of carbonyl (C=O) groups is 1. The SMILES string of the molecule is COc1ccc2ncc(=O)n(CC[C@@H](O)CN3CCC(N(C(=O)O)C(C)(C)C)CC3)c2n1. The first-order valence-corrected chi connectivity index (χ1v) is 10.9. The fourth-order valence-electron chi connectivity index (χ4n) is 4.37. The molecule has 176 valence electrons. The first kappa shape index (κ1) is 23.9. The molecule has 0 saturated carbocycles. The van der Waals surface area contributed by atoms with E-state index in [1.165, 1.54) is 17.9 Å². The van der Waals surface area contributed by atoms with Crippen molar-refractivity contribution in [1.29, 1.82) is 0 Å². The second-order valence-corrected chi connectivity index (χ2v) is 9.24. The first-order chi connectivity index (χ1) is 15.1. The Morgan fingerprint density at radius 2 is 2.00 bits per heavy atom. The molecular formula is C22H33N5O5. The summed E-state index contributed by atoms with van der Waals surface area (Å²) in [7, 11) is 1.51. The maximum absolute atomic E-state index is 12.3. The van der Waals surface area contributed by atoms with Crippen LogP contribution in [-0.4, -0.2) is 85.1 Å². The number of aliphatic hydroxyl groups is 1. The molecule has 1 fully saturated rings. The number of methoxy groups -OCH3 is 1. The molecule has 2 aromatic heterocycles. The second-order valence-electron chi connectivity index (χ2n) is 9.24. The monoisotopic (exact) mass is 447 g/mol. The van der Waals surface area contributed by atoms with Gasteiger partial charge in [-0.15, -0.1) is 0 Å². The summed E-state index contributed by atoms with van der Waals surface area (Å²) in [6.45, 7) is 7.96. The van der Waals surface area contributed by atoms with E-state index in [-0.39, 0.29) is 11.6 Å². The molecule has 0 aromatic carbocycles. The molecule has 1 amide bonds. The van der Waals surface area contributed by atoms with Gasteiger partial charge in [0.05, 0.1) is 19.4 Å². The van der Waals surface area contributed by atoms with Gasteiger partial charge < -0.3 is 24.7 Å². The standard InChI is InChI=1S/C22H33N5O5/c1-22(2,3)27(21(30)31)15-7-10-25(11-8-15)14-16(28)9-12-26-19(29)13-23-17-5-6-18(32-4)24-20(17)26/h5-6,13,15-16,28H,7-12,14H2,1-4H3,(H,30,31)/t16-/m1/s1. The molecule has 0 spiro atoms. The fraction of sp³-hybridized carbons (Fsp3) is 0.636. The van der Waals surface area contributed by atoms with Gasteiger partial charge in [-0.2, -0.15) is 4.98 Å². The van der Waals surface area contributed by atoms with Crippen molar-refractivity contribution in [1.82, 2.24) is 24.3 Å². The van der Waals surface area contributed by atoms with Crippen LogP contribution in [-0.2, 0) is 6.54 Å². The molecule has 2 aromatic rings. The van der Waals surface area contributed by atoms with E-state index in [9.17, 15) is 19.8 Å². The summed E-state index contributed by atoms with van der Waals surface area (Å²) in [5.74, 6) is 0.396. The Bertz CT molecular complexity index is 994. The van der Waals surface area contributed by atoms with Gasteiger partial charge in [-0.25, -0.2) is 9.78 Å². The van der Waals surface area contributed by atoms with Crippen molar-refractivity contribution in [2.24, 2.45) is 0 Å². The summed E-state index contributed by atoms with van der Waals surface area (Å²) < 4.78 is 6.66. The third-order valence-electron chi connectivity index (χ3n) is 5.88. The molecule has 1 atom stereocenters. The number of hydrogen-bond acceptors (Lipinski definition) is 7. The fourth-order valence-corrected chi connectivity index (χ4v) is 4.37. The lowest BCUT2D eigenvalue weighted by Gasteiger charge is -2.43. The lowest BCUT2D eigenvalue weighted by Crippen LogP contribution is -2.55. The minimum atomic E-state index is -0.892. The zero-order valence-electron chi connectivity index (χ0n) is 19.2. The average molecular weight is 448 g/mol. The van der Waals surface area contributed by atoms with Crippen LogP contribution in [0.4, 0.5) is 4.79 Å². The van der Waals surface area contributed by atoms with Crippen LogP contribution in [0.25, 0.3) is 11.2 Å². The molecule has 1 saturated heterocycles. The number of aryl methyl sites for hydroxylation is 1. The minimum absolute atomic E-state index is 0.0243. The van der Waals surface area contributed by atoms with Crippen molar-refractivity contribution in [3.05, 3.63) is 28.7 Å². The van der Waals surface area contributed by atoms with E-state index in [1.54, 1.807) is 17.0 Å². The van der Waals surface area contributed by atoms with E-state index in [2.05, 4.69) is 14.9 Å². The molecule has 0 bridgehead atoms. The predicted octanol–water partition coefficient (Wildman–Crippen LogP) is 1.79. The number of ether oxygens (including phenoxy) is 1. The molecule has 10 nitrogen and oxygen atoms in total. The molecular weight excluding hydrogens is 414 g/mol. The normalized spacial score (nSPS) is 16.8. The molecule has 3 rings (SSSR count). The third-order valence-corrected chi connectivity index (χ3v) is 5.88. The molecule has 0 aliphatic carbocycles. The summed E-state index contributed by atoms with van der Waals surface area (Å²) in [4.78, 5) is 36.2. The van der Waals surface area contributed by atoms with Gasteiger partial charge in [-0.05, 0) is 46.1 Å². The Morgan fingerprint density at radius 3 is 2.59 bits per heavy atom. The number of hydrogen-bond donors (Lipinski definition) is 2. The molecule has 0 radical (unpaired) electrons. The summed E-state index contributed by atoms with van der Waals surface area (Å²) in [5.41, 5.74) is 0.293. The largest absolute Gasteiger partial charge is 0.481 e. The molecule has 2 N–H and O–H groups in total. The van der Waals surface area contributed by atoms with Gasteiger partial charge in [0.15, 0.2) is 5.65 Å². The summed E-state index contributed by atoms with van der Waals surface area (Å²) in [6.07, 6.45) is 1.60. The maximum Gasteiger partial charge on any atom is 0.407 e. The van der Waals surface area contributed by atoms with Gasteiger partial charge >= 0.3 is 6.09 Å². The van der Waals surface area contributed by atoms with Crippen molar-refractivity contribution in [2.45, 2.75) is 64.3 Å². The average Bonchev–Trinajstić information content (AvgIpc) is 2.72. The van der Waals surface area contributed by atoms with E-state index in [1.807, 2.05) is 20.8 Å². The van der Waals surface area contributed by atoms with E-state index in [4.69, 9.17) is 4.74 Å². The molecule has 0 unspecified atom stereocenters. The second kappa shape index (κ2) is 9.83. The van der Waals surface area contributed by atoms with Crippen LogP contribution in [0.5, 0.6) is 5.88 Å². The molecule has 3 heterocycles. The highest BCUT2D eigenvalue weighted by Gasteiger charge is 2.35. The van der Waals surface area contributed by atoms with Crippen LogP contribution in [0.15, 0.2) is 23.1 Å². The van der Waals surface area contributed by atoms with E-state index >= 15 is 0 Å². The van der Waals surface area contributed by atoms with E-state index in [0.29, 0.717) is 36.6 Å². The van der Waals surface area contributed by atoms with Crippen molar-refractivity contribution >= 4 is 17.3 Å². The third kappa shape index (κ3) is 5.55. The first-order valence-electron chi connectivity index (χ1n) is 10.9. The predicted molar refractivity (Wildman–Crippen MR) is 120 cm³/mol. The number of nitrogens with zero attached hydrogens (tertiary/aromatic N) is 5. The van der Waals surface area contributed by atoms with E-state index < -0.39 is 17.7 Å². The van der Waals surface area contributed by atoms with Crippen LogP contribution in [0.1, 0.15) is 40.0 Å². The number of amides is 1. The quantitative estimate of drug-likeness (QED) is 0.659. The molecule has 10 heteroatoms. The lowest BCUT2D eigenvalue weighted by atomic mass is 9.96. The van der Waals surface area contributed by atoms with Crippen LogP contribution < -0.4 is 10.3 Å². The number of rotatable bonds is 7. The highest BCUT2D eigenvalue weighted by molar-refractivity contribution is 5.70. The summed E-state index contributed by atoms with van der Waals surface area (Å²) in [6, 6.07) is 3.41. The molecule has 32 heavy (non-hydrogen) atoms. The number of aromatic nitrogens is 3. The maximum atomic E-state index is 12.3. The summed E-state index contributed by atoms with van der Waals surface area (Å²) in [5, 5.41) is 20.2. The number of β-amino-alcohol motifs (C(OH)–C–C–N with tert-alkyl or cyclic N) is 1. The Balaban J connectivity index is 1.58. The molecule has 1 aliphatic rings. The lowest BCUT2D eigenvalue weighted by molar-refractivity contribution is 0.0292. The van der Waals surface area contributed by atoms with Gasteiger partial charge in [0.25, 0.3) is 5.56 Å². The van der Waals surface area contributed by atoms with Gasteiger partial charge in [0.1, 0.15) is 5.52 Å². The van der Waals surface area contributed by atoms with Crippen molar-refractivity contribution in [3.63, 3.8) is 0 Å². The van der Waals surface area contributed by atoms with Crippen molar-refractivity contribution in [3.8, 4) is 5.88 Å². The zero-order chi connectivity index (χ0) is 23.5. The van der Waals surface area contributed by atoms with Gasteiger partial charge in [-0.3, -0.25) is 9.36 Å². The minimum Gasteiger partial charge on any atom is -0.481 e. The summed E-state index contributed by atoms with van der Waals surface area (Å²) >= 11 is 0. The Kier molecular flexibility index (Phi) is 7.35. The van der Waals surface area contributed by atoms with Gasteiger partial charge in [-0.1, -0.05) is 0 Å². The smallest absolute Gasteiger partial charge is 0.407 e. The highest BCUT2D eigenvalue weighted by Crippen LogP contribution is 2.25. The number of aliphatic hydroxyl groups excluding tert-OH is 1. The van der Waals surface area contributed by atoms with Crippen LogP contribution in [0.2, 0.25) is 0 Å². The number of fused-ring (bicyclic) bond motifs is 1. The number of likely N-dealkylation sites (tertiary alicyclic amines) is 1. The van der Waals surface area contributed by atoms with Crippen molar-refractivity contribution in [2.75, 3.05) is 26.7 Å². The molecule has 1 aliphatic heterocycles. The Morgan fingerprint density at radius 1 is 1.31 bits per heavy atom. The Hall–Kier alpha value is -2.72.